The SMILES string of the molecule is Cc1cc(F)c(S(=O)(=O)NC(C)(C)C)cc1N. The molecule has 0 atom stereocenters. The molecular formula is C11H17FN2O2S. The normalized spacial score (nSPS) is 12.8. The van der Waals surface area contributed by atoms with Crippen LogP contribution in [0.3, 0.4) is 0 Å². The van der Waals surface area contributed by atoms with Crippen molar-refractivity contribution < 1.29 is 12.8 Å². The number of halogens is 1. The zero-order valence-corrected chi connectivity index (χ0v) is 11.2. The molecule has 0 unspecified atom stereocenters. The molecule has 0 amide bonds. The number of nitrogen functional groups attached to an aromatic ring is 1. The van der Waals surface area contributed by atoms with Gasteiger partial charge in [-0.1, -0.05) is 0 Å². The first-order valence-corrected chi connectivity index (χ1v) is 6.61. The van der Waals surface area contributed by atoms with Gasteiger partial charge in [-0.3, -0.25) is 0 Å². The molecule has 0 fully saturated rings. The second-order valence-electron chi connectivity index (χ2n) is 4.99. The van der Waals surface area contributed by atoms with Crippen molar-refractivity contribution in [3.63, 3.8) is 0 Å². The monoisotopic (exact) mass is 260 g/mol. The molecule has 0 bridgehead atoms. The van der Waals surface area contributed by atoms with E-state index in [0.29, 0.717) is 5.56 Å². The van der Waals surface area contributed by atoms with Gasteiger partial charge >= 0.3 is 0 Å². The van der Waals surface area contributed by atoms with Crippen molar-refractivity contribution in [1.82, 2.24) is 4.72 Å². The third kappa shape index (κ3) is 3.41. The quantitative estimate of drug-likeness (QED) is 0.796. The van der Waals surface area contributed by atoms with E-state index in [1.807, 2.05) is 0 Å². The van der Waals surface area contributed by atoms with Gasteiger partial charge in [-0.05, 0) is 45.4 Å². The molecule has 1 aromatic rings. The Hall–Kier alpha value is -1.14. The average molecular weight is 260 g/mol. The highest BCUT2D eigenvalue weighted by Crippen LogP contribution is 2.22. The Kier molecular flexibility index (Phi) is 3.50. The van der Waals surface area contributed by atoms with Crippen molar-refractivity contribution in [2.75, 3.05) is 5.73 Å². The minimum atomic E-state index is -3.89. The first-order valence-electron chi connectivity index (χ1n) is 5.12. The van der Waals surface area contributed by atoms with Gasteiger partial charge in [0.2, 0.25) is 10.0 Å². The van der Waals surface area contributed by atoms with Gasteiger partial charge in [0, 0.05) is 11.2 Å². The Morgan fingerprint density at radius 3 is 2.29 bits per heavy atom. The number of aryl methyl sites for hydroxylation is 1. The van der Waals surface area contributed by atoms with E-state index in [1.165, 1.54) is 0 Å². The second kappa shape index (κ2) is 4.27. The van der Waals surface area contributed by atoms with Gasteiger partial charge < -0.3 is 5.73 Å². The minimum Gasteiger partial charge on any atom is -0.398 e. The molecule has 17 heavy (non-hydrogen) atoms. The van der Waals surface area contributed by atoms with Gasteiger partial charge in [-0.15, -0.1) is 0 Å². The minimum absolute atomic E-state index is 0.251. The average Bonchev–Trinajstić information content (AvgIpc) is 2.06. The van der Waals surface area contributed by atoms with Crippen LogP contribution in [-0.2, 0) is 10.0 Å². The molecule has 0 radical (unpaired) electrons. The number of rotatable bonds is 2. The highest BCUT2D eigenvalue weighted by molar-refractivity contribution is 7.89. The maximum Gasteiger partial charge on any atom is 0.244 e. The van der Waals surface area contributed by atoms with Crippen LogP contribution in [0.15, 0.2) is 17.0 Å². The summed E-state index contributed by atoms with van der Waals surface area (Å²) < 4.78 is 39.9. The summed E-state index contributed by atoms with van der Waals surface area (Å²) in [7, 11) is -3.89. The van der Waals surface area contributed by atoms with Crippen LogP contribution in [0.4, 0.5) is 10.1 Å². The van der Waals surface area contributed by atoms with Crippen molar-refractivity contribution >= 4 is 15.7 Å². The summed E-state index contributed by atoms with van der Waals surface area (Å²) in [6.07, 6.45) is 0. The van der Waals surface area contributed by atoms with Crippen LogP contribution in [-0.4, -0.2) is 14.0 Å². The van der Waals surface area contributed by atoms with Crippen LogP contribution in [0.5, 0.6) is 0 Å². The Morgan fingerprint density at radius 1 is 1.29 bits per heavy atom. The van der Waals surface area contributed by atoms with Crippen LogP contribution >= 0.6 is 0 Å². The molecule has 3 N–H and O–H groups in total. The Labute approximate surface area is 101 Å². The molecule has 0 aliphatic carbocycles. The number of benzene rings is 1. The third-order valence-electron chi connectivity index (χ3n) is 2.05. The number of nitrogens with two attached hydrogens (primary N) is 1. The number of hydrogen-bond donors (Lipinski definition) is 2. The van der Waals surface area contributed by atoms with E-state index in [2.05, 4.69) is 4.72 Å². The second-order valence-corrected chi connectivity index (χ2v) is 6.65. The maximum absolute atomic E-state index is 13.6. The van der Waals surface area contributed by atoms with Crippen molar-refractivity contribution in [1.29, 1.82) is 0 Å². The highest BCUT2D eigenvalue weighted by atomic mass is 32.2. The molecule has 96 valence electrons. The standard InChI is InChI=1S/C11H17FN2O2S/c1-7-5-8(12)10(6-9(7)13)17(15,16)14-11(2,3)4/h5-6,14H,13H2,1-4H3. The molecule has 0 aliphatic heterocycles. The first kappa shape index (κ1) is 13.9. The molecule has 0 aromatic heterocycles. The van der Waals surface area contributed by atoms with Gasteiger partial charge in [0.1, 0.15) is 10.7 Å². The van der Waals surface area contributed by atoms with E-state index in [9.17, 15) is 12.8 Å². The fourth-order valence-electron chi connectivity index (χ4n) is 1.33. The summed E-state index contributed by atoms with van der Waals surface area (Å²) in [5, 5.41) is 0. The lowest BCUT2D eigenvalue weighted by molar-refractivity contribution is 0.486. The van der Waals surface area contributed by atoms with Crippen molar-refractivity contribution in [3.05, 3.63) is 23.5 Å². The van der Waals surface area contributed by atoms with E-state index >= 15 is 0 Å². The summed E-state index contributed by atoms with van der Waals surface area (Å²) in [6.45, 7) is 6.66. The molecule has 4 nitrogen and oxygen atoms in total. The predicted octanol–water partition coefficient (Wildman–Crippen LogP) is 1.79. The smallest absolute Gasteiger partial charge is 0.244 e. The van der Waals surface area contributed by atoms with Crippen LogP contribution in [0.2, 0.25) is 0 Å². The van der Waals surface area contributed by atoms with E-state index in [4.69, 9.17) is 5.73 Å². The van der Waals surface area contributed by atoms with Gasteiger partial charge in [0.05, 0.1) is 0 Å². The number of hydrogen-bond acceptors (Lipinski definition) is 3. The molecule has 1 rings (SSSR count). The lowest BCUT2D eigenvalue weighted by Crippen LogP contribution is -2.40. The van der Waals surface area contributed by atoms with Gasteiger partial charge in [0.15, 0.2) is 0 Å². The zero-order chi connectivity index (χ0) is 13.4. The highest BCUT2D eigenvalue weighted by Gasteiger charge is 2.25. The van der Waals surface area contributed by atoms with Crippen LogP contribution < -0.4 is 10.5 Å². The lowest BCUT2D eigenvalue weighted by Gasteiger charge is -2.20. The summed E-state index contributed by atoms with van der Waals surface area (Å²) in [4.78, 5) is -0.421. The fourth-order valence-corrected chi connectivity index (χ4v) is 2.85. The van der Waals surface area contributed by atoms with Crippen molar-refractivity contribution in [2.24, 2.45) is 0 Å². The molecule has 0 saturated heterocycles. The Balaban J connectivity index is 3.30. The summed E-state index contributed by atoms with van der Waals surface area (Å²) in [5.41, 5.74) is 5.68. The molecule has 0 saturated carbocycles. The van der Waals surface area contributed by atoms with E-state index in [1.54, 1.807) is 27.7 Å². The summed E-state index contributed by atoms with van der Waals surface area (Å²) >= 11 is 0. The third-order valence-corrected chi connectivity index (χ3v) is 3.82. The van der Waals surface area contributed by atoms with Crippen LogP contribution in [0.25, 0.3) is 0 Å². The fraction of sp³-hybridized carbons (Fsp3) is 0.455. The van der Waals surface area contributed by atoms with Crippen molar-refractivity contribution in [3.8, 4) is 0 Å². The molecule has 0 heterocycles. The van der Waals surface area contributed by atoms with E-state index < -0.39 is 26.3 Å². The van der Waals surface area contributed by atoms with E-state index in [0.717, 1.165) is 12.1 Å². The van der Waals surface area contributed by atoms with Crippen molar-refractivity contribution in [2.45, 2.75) is 38.1 Å². The number of sulfonamides is 1. The Bertz CT molecular complexity index is 533. The zero-order valence-electron chi connectivity index (χ0n) is 10.3. The summed E-state index contributed by atoms with van der Waals surface area (Å²) in [5.74, 6) is -0.798. The van der Waals surface area contributed by atoms with Gasteiger partial charge in [0.25, 0.3) is 0 Å². The maximum atomic E-state index is 13.6. The predicted molar refractivity (Wildman–Crippen MR) is 65.6 cm³/mol. The Morgan fingerprint density at radius 2 is 1.82 bits per heavy atom. The molecular weight excluding hydrogens is 243 g/mol. The summed E-state index contributed by atoms with van der Waals surface area (Å²) in [6, 6.07) is 2.26. The molecule has 1 aromatic carbocycles. The molecule has 6 heteroatoms. The van der Waals surface area contributed by atoms with Crippen LogP contribution in [0.1, 0.15) is 26.3 Å². The van der Waals surface area contributed by atoms with Gasteiger partial charge in [-0.2, -0.15) is 0 Å². The van der Waals surface area contributed by atoms with Gasteiger partial charge in [-0.25, -0.2) is 17.5 Å². The molecule has 0 aliphatic rings. The lowest BCUT2D eigenvalue weighted by atomic mass is 10.1. The largest absolute Gasteiger partial charge is 0.398 e. The first-order chi connectivity index (χ1) is 7.53. The van der Waals surface area contributed by atoms with E-state index in [-0.39, 0.29) is 5.69 Å². The van der Waals surface area contributed by atoms with Crippen LogP contribution in [0, 0.1) is 12.7 Å². The molecule has 0 spiro atoms. The number of nitrogens with one attached hydrogen (secondary N) is 1. The number of anilines is 1. The topological polar surface area (TPSA) is 72.2 Å².